The smallest absolute Gasteiger partial charge is 0.231 e. The van der Waals surface area contributed by atoms with Gasteiger partial charge in [-0.25, -0.2) is 9.97 Å². The van der Waals surface area contributed by atoms with Crippen molar-refractivity contribution in [2.45, 2.75) is 0 Å². The molecule has 0 saturated carbocycles. The second kappa shape index (κ2) is 10.9. The number of nitrogens with one attached hydrogen (secondary N) is 1. The van der Waals surface area contributed by atoms with Gasteiger partial charge in [-0.3, -0.25) is 4.90 Å². The second-order valence-electron chi connectivity index (χ2n) is 8.51. The van der Waals surface area contributed by atoms with Gasteiger partial charge in [-0.15, -0.1) is 0 Å². The summed E-state index contributed by atoms with van der Waals surface area (Å²) in [5.74, 6) is 3.22. The molecule has 0 bridgehead atoms. The Hall–Kier alpha value is -3.34. The molecule has 3 aromatic rings. The van der Waals surface area contributed by atoms with E-state index in [0.717, 1.165) is 49.3 Å². The van der Waals surface area contributed by atoms with Gasteiger partial charge >= 0.3 is 0 Å². The number of hydrogen-bond acceptors (Lipinski definition) is 10. The minimum Gasteiger partial charge on any atom is -0.493 e. The van der Waals surface area contributed by atoms with Crippen molar-refractivity contribution in [3.63, 3.8) is 0 Å². The van der Waals surface area contributed by atoms with Crippen LogP contribution in [0.5, 0.6) is 23.0 Å². The fraction of sp³-hybridized carbons (Fsp3) is 0.440. The van der Waals surface area contributed by atoms with E-state index in [1.54, 1.807) is 7.11 Å². The summed E-state index contributed by atoms with van der Waals surface area (Å²) in [6.07, 6.45) is 1.52. The lowest BCUT2D eigenvalue weighted by Crippen LogP contribution is -2.45. The Morgan fingerprint density at radius 1 is 1.00 bits per heavy atom. The first-order chi connectivity index (χ1) is 17.2. The van der Waals surface area contributed by atoms with Gasteiger partial charge < -0.3 is 33.9 Å². The summed E-state index contributed by atoms with van der Waals surface area (Å²) in [4.78, 5) is 13.6. The molecule has 1 fully saturated rings. The third kappa shape index (κ3) is 5.50. The maximum absolute atomic E-state index is 5.97. The molecule has 0 amide bonds. The van der Waals surface area contributed by atoms with Crippen molar-refractivity contribution in [1.29, 1.82) is 0 Å². The number of benzene rings is 2. The minimum absolute atomic E-state index is 0.201. The molecule has 35 heavy (non-hydrogen) atoms. The molecule has 2 aliphatic rings. The van der Waals surface area contributed by atoms with Crippen LogP contribution in [0.2, 0.25) is 0 Å². The van der Waals surface area contributed by atoms with E-state index in [-0.39, 0.29) is 6.79 Å². The third-order valence-corrected chi connectivity index (χ3v) is 6.20. The minimum atomic E-state index is 0.201. The number of ether oxygens (including phenoxy) is 5. The van der Waals surface area contributed by atoms with Crippen molar-refractivity contribution in [2.24, 2.45) is 0 Å². The van der Waals surface area contributed by atoms with Gasteiger partial charge in [0.05, 0.1) is 31.5 Å². The van der Waals surface area contributed by atoms with Crippen molar-refractivity contribution in [3.8, 4) is 23.0 Å². The van der Waals surface area contributed by atoms with Gasteiger partial charge in [-0.2, -0.15) is 0 Å². The lowest BCUT2D eigenvalue weighted by Gasteiger charge is -2.32. The molecule has 10 heteroatoms. The average Bonchev–Trinajstić information content (AvgIpc) is 3.37. The molecule has 0 spiro atoms. The zero-order valence-electron chi connectivity index (χ0n) is 20.2. The Kier molecular flexibility index (Phi) is 7.31. The number of piperazine rings is 1. The molecule has 0 aliphatic carbocycles. The van der Waals surface area contributed by atoms with Crippen molar-refractivity contribution in [2.75, 3.05) is 78.8 Å². The molecule has 1 aromatic heterocycles. The number of rotatable bonds is 10. The molecule has 2 aromatic carbocycles. The summed E-state index contributed by atoms with van der Waals surface area (Å²) < 4.78 is 28.4. The van der Waals surface area contributed by atoms with E-state index in [1.165, 1.54) is 6.33 Å². The standard InChI is InChI=1S/C25H31N5O5/c1-29-6-8-30(9-7-29)10-11-32-12-13-33-23-15-20-18(14-22(23)31-2)25(27-16-26-20)28-19-4-3-5-21-24(19)35-17-34-21/h3-5,14-16H,6-13,17H2,1-2H3,(H,26,27,28). The molecular weight excluding hydrogens is 450 g/mol. The number of anilines is 2. The average molecular weight is 482 g/mol. The first-order valence-corrected chi connectivity index (χ1v) is 11.8. The highest BCUT2D eigenvalue weighted by Crippen LogP contribution is 2.41. The predicted octanol–water partition coefficient (Wildman–Crippen LogP) is 2.75. The zero-order chi connectivity index (χ0) is 24.0. The summed E-state index contributed by atoms with van der Waals surface area (Å²) in [6, 6.07) is 9.43. The highest BCUT2D eigenvalue weighted by Gasteiger charge is 2.19. The molecule has 3 heterocycles. The summed E-state index contributed by atoms with van der Waals surface area (Å²) in [5.41, 5.74) is 1.51. The number of para-hydroxylation sites is 1. The maximum Gasteiger partial charge on any atom is 0.231 e. The van der Waals surface area contributed by atoms with Gasteiger partial charge in [0.2, 0.25) is 6.79 Å². The molecule has 0 unspecified atom stereocenters. The third-order valence-electron chi connectivity index (χ3n) is 6.20. The van der Waals surface area contributed by atoms with Gasteiger partial charge in [-0.1, -0.05) is 6.07 Å². The highest BCUT2D eigenvalue weighted by molar-refractivity contribution is 5.93. The Labute approximate surface area is 204 Å². The second-order valence-corrected chi connectivity index (χ2v) is 8.51. The number of fused-ring (bicyclic) bond motifs is 2. The molecule has 1 N–H and O–H groups in total. The molecule has 1 saturated heterocycles. The molecule has 2 aliphatic heterocycles. The highest BCUT2D eigenvalue weighted by atomic mass is 16.7. The summed E-state index contributed by atoms with van der Waals surface area (Å²) in [7, 11) is 3.78. The van der Waals surface area contributed by atoms with Crippen LogP contribution in [0.15, 0.2) is 36.7 Å². The lowest BCUT2D eigenvalue weighted by molar-refractivity contribution is 0.0653. The van der Waals surface area contributed by atoms with E-state index in [2.05, 4.69) is 32.1 Å². The van der Waals surface area contributed by atoms with Crippen LogP contribution in [0.4, 0.5) is 11.5 Å². The molecule has 5 rings (SSSR count). The van der Waals surface area contributed by atoms with Crippen LogP contribution in [-0.2, 0) is 4.74 Å². The van der Waals surface area contributed by atoms with Gasteiger partial charge in [-0.05, 0) is 25.2 Å². The molecule has 10 nitrogen and oxygen atoms in total. The van der Waals surface area contributed by atoms with Crippen LogP contribution in [0.3, 0.4) is 0 Å². The first kappa shape index (κ1) is 23.4. The van der Waals surface area contributed by atoms with Crippen LogP contribution >= 0.6 is 0 Å². The van der Waals surface area contributed by atoms with Crippen LogP contribution in [-0.4, -0.2) is 93.3 Å². The maximum atomic E-state index is 5.97. The Balaban J connectivity index is 1.20. The number of hydrogen-bond donors (Lipinski definition) is 1. The van der Waals surface area contributed by atoms with Crippen LogP contribution in [0, 0.1) is 0 Å². The Morgan fingerprint density at radius 3 is 2.74 bits per heavy atom. The van der Waals surface area contributed by atoms with Crippen molar-refractivity contribution in [3.05, 3.63) is 36.7 Å². The molecule has 186 valence electrons. The SMILES string of the molecule is COc1cc2c(Nc3cccc4c3OCO4)ncnc2cc1OCCOCCN1CCN(C)CC1. The van der Waals surface area contributed by atoms with E-state index < -0.39 is 0 Å². The van der Waals surface area contributed by atoms with E-state index in [1.807, 2.05) is 30.3 Å². The van der Waals surface area contributed by atoms with E-state index >= 15 is 0 Å². The van der Waals surface area contributed by atoms with Gasteiger partial charge in [0.15, 0.2) is 23.0 Å². The number of aromatic nitrogens is 2. The number of methoxy groups -OCH3 is 1. The van der Waals surface area contributed by atoms with Gasteiger partial charge in [0, 0.05) is 44.2 Å². The van der Waals surface area contributed by atoms with Crippen LogP contribution in [0.25, 0.3) is 10.9 Å². The fourth-order valence-corrected chi connectivity index (χ4v) is 4.17. The Bertz CT molecular complexity index is 1150. The topological polar surface area (TPSA) is 90.4 Å². The van der Waals surface area contributed by atoms with Crippen molar-refractivity contribution in [1.82, 2.24) is 19.8 Å². The Morgan fingerprint density at radius 2 is 1.89 bits per heavy atom. The molecule has 0 atom stereocenters. The summed E-state index contributed by atoms with van der Waals surface area (Å²) in [6.45, 7) is 7.19. The lowest BCUT2D eigenvalue weighted by atomic mass is 10.2. The van der Waals surface area contributed by atoms with E-state index in [4.69, 9.17) is 23.7 Å². The van der Waals surface area contributed by atoms with Crippen molar-refractivity contribution < 1.29 is 23.7 Å². The first-order valence-electron chi connectivity index (χ1n) is 11.8. The van der Waals surface area contributed by atoms with Crippen LogP contribution in [0.1, 0.15) is 0 Å². The van der Waals surface area contributed by atoms with E-state index in [9.17, 15) is 0 Å². The van der Waals surface area contributed by atoms with Gasteiger partial charge in [0.1, 0.15) is 18.8 Å². The molecule has 0 radical (unpaired) electrons. The van der Waals surface area contributed by atoms with Crippen molar-refractivity contribution >= 4 is 22.4 Å². The van der Waals surface area contributed by atoms with E-state index in [0.29, 0.717) is 48.6 Å². The summed E-state index contributed by atoms with van der Waals surface area (Å²) in [5, 5.41) is 4.14. The number of likely N-dealkylation sites (N-methyl/N-ethyl adjacent to an activating group) is 1. The number of nitrogens with zero attached hydrogens (tertiary/aromatic N) is 4. The van der Waals surface area contributed by atoms with Crippen LogP contribution < -0.4 is 24.3 Å². The predicted molar refractivity (Wildman–Crippen MR) is 132 cm³/mol. The normalized spacial score (nSPS) is 15.9. The largest absolute Gasteiger partial charge is 0.493 e. The van der Waals surface area contributed by atoms with Gasteiger partial charge in [0.25, 0.3) is 0 Å². The molecular formula is C25H31N5O5. The zero-order valence-corrected chi connectivity index (χ0v) is 20.2. The monoisotopic (exact) mass is 481 g/mol. The fourth-order valence-electron chi connectivity index (χ4n) is 4.17. The quantitative estimate of drug-likeness (QED) is 0.436. The summed E-state index contributed by atoms with van der Waals surface area (Å²) >= 11 is 0.